The van der Waals surface area contributed by atoms with Crippen molar-refractivity contribution in [1.29, 1.82) is 0 Å². The molecule has 1 aromatic rings. The van der Waals surface area contributed by atoms with Crippen molar-refractivity contribution < 1.29 is 4.79 Å². The number of hydrogen-bond acceptors (Lipinski definition) is 3. The Kier molecular flexibility index (Phi) is 3.35. The van der Waals surface area contributed by atoms with Gasteiger partial charge in [0.15, 0.2) is 0 Å². The average molecular weight is 227 g/mol. The molecule has 0 spiro atoms. The van der Waals surface area contributed by atoms with Crippen LogP contribution in [0.5, 0.6) is 0 Å². The number of rotatable bonds is 2. The molecule has 0 aliphatic carbocycles. The Balaban J connectivity index is 2.33. The molecule has 1 aliphatic rings. The lowest BCUT2D eigenvalue weighted by molar-refractivity contribution is -0.118. The first kappa shape index (κ1) is 11.1. The Morgan fingerprint density at radius 2 is 1.94 bits per heavy atom. The molecule has 0 bridgehead atoms. The molecule has 1 aliphatic heterocycles. The average Bonchev–Trinajstić information content (AvgIpc) is 2.59. The van der Waals surface area contributed by atoms with Crippen molar-refractivity contribution in [2.24, 2.45) is 5.10 Å². The molecule has 86 valence electrons. The summed E-state index contributed by atoms with van der Waals surface area (Å²) in [5, 5.41) is 7.17. The lowest BCUT2D eigenvalue weighted by Gasteiger charge is -2.28. The minimum Gasteiger partial charge on any atom is -0.273 e. The number of hydrazone groups is 1. The number of carbonyl (C=O) groups is 1. The Morgan fingerprint density at radius 1 is 1.18 bits per heavy atom. The molecule has 0 aromatic heterocycles. The molecule has 0 N–H and O–H groups in total. The molecule has 2 rings (SSSR count). The molecule has 4 nitrogen and oxygen atoms in total. The van der Waals surface area contributed by atoms with Gasteiger partial charge in [-0.05, 0) is 24.3 Å². The molecule has 0 fully saturated rings. The zero-order valence-corrected chi connectivity index (χ0v) is 9.52. The van der Waals surface area contributed by atoms with Gasteiger partial charge in [-0.2, -0.15) is 10.2 Å². The summed E-state index contributed by atoms with van der Waals surface area (Å²) >= 11 is 0. The number of benzene rings is 1. The third-order valence-electron chi connectivity index (χ3n) is 2.22. The van der Waals surface area contributed by atoms with E-state index in [0.29, 0.717) is 0 Å². The van der Waals surface area contributed by atoms with Crippen LogP contribution < -0.4 is 5.01 Å². The SMILES string of the molecule is CC(=O)N(c1ccccc1)N1C=CC=CC=N1. The fourth-order valence-corrected chi connectivity index (χ4v) is 1.52. The van der Waals surface area contributed by atoms with Crippen LogP contribution in [0.3, 0.4) is 0 Å². The maximum absolute atomic E-state index is 11.7. The molecule has 0 radical (unpaired) electrons. The number of allylic oxidation sites excluding steroid dienone is 3. The van der Waals surface area contributed by atoms with E-state index in [-0.39, 0.29) is 5.91 Å². The highest BCUT2D eigenvalue weighted by Crippen LogP contribution is 2.17. The van der Waals surface area contributed by atoms with Gasteiger partial charge in [-0.3, -0.25) is 4.79 Å². The number of nitrogens with zero attached hydrogens (tertiary/aromatic N) is 3. The van der Waals surface area contributed by atoms with Gasteiger partial charge in [0.25, 0.3) is 0 Å². The standard InChI is InChI=1S/C13H13N3O/c1-12(17)16(13-8-4-2-5-9-13)15-11-7-3-6-10-14-15/h2-11H,1H3. The van der Waals surface area contributed by atoms with E-state index in [9.17, 15) is 4.79 Å². The summed E-state index contributed by atoms with van der Waals surface area (Å²) in [6, 6.07) is 9.40. The molecule has 1 aromatic carbocycles. The number of carbonyl (C=O) groups excluding carboxylic acids is 1. The first-order chi connectivity index (χ1) is 8.29. The number of hydrogen-bond donors (Lipinski definition) is 0. The van der Waals surface area contributed by atoms with Crippen molar-refractivity contribution in [1.82, 2.24) is 5.12 Å². The number of anilines is 1. The van der Waals surface area contributed by atoms with Gasteiger partial charge in [-0.25, -0.2) is 5.01 Å². The van der Waals surface area contributed by atoms with Crippen molar-refractivity contribution in [2.75, 3.05) is 5.01 Å². The fourth-order valence-electron chi connectivity index (χ4n) is 1.52. The minimum atomic E-state index is -0.0973. The van der Waals surface area contributed by atoms with Crippen LogP contribution in [0.15, 0.2) is 59.9 Å². The lowest BCUT2D eigenvalue weighted by atomic mass is 10.3. The van der Waals surface area contributed by atoms with E-state index in [1.807, 2.05) is 42.5 Å². The smallest absolute Gasteiger partial charge is 0.244 e. The Morgan fingerprint density at radius 3 is 2.65 bits per heavy atom. The first-order valence-corrected chi connectivity index (χ1v) is 5.31. The molecule has 1 amide bonds. The van der Waals surface area contributed by atoms with Crippen molar-refractivity contribution in [3.8, 4) is 0 Å². The van der Waals surface area contributed by atoms with Crippen molar-refractivity contribution in [2.45, 2.75) is 6.92 Å². The van der Waals surface area contributed by atoms with Gasteiger partial charge < -0.3 is 0 Å². The highest BCUT2D eigenvalue weighted by molar-refractivity contribution is 5.90. The van der Waals surface area contributed by atoms with Crippen LogP contribution in [0.4, 0.5) is 5.69 Å². The van der Waals surface area contributed by atoms with Crippen LogP contribution in [0.25, 0.3) is 0 Å². The van der Waals surface area contributed by atoms with E-state index in [4.69, 9.17) is 0 Å². The Hall–Kier alpha value is -2.36. The third kappa shape index (κ3) is 2.60. The molecule has 0 unspecified atom stereocenters. The highest BCUT2D eigenvalue weighted by Gasteiger charge is 2.16. The quantitative estimate of drug-likeness (QED) is 0.777. The topological polar surface area (TPSA) is 35.9 Å². The molecular weight excluding hydrogens is 214 g/mol. The number of amides is 1. The van der Waals surface area contributed by atoms with E-state index in [1.165, 1.54) is 17.1 Å². The van der Waals surface area contributed by atoms with Crippen LogP contribution in [0.1, 0.15) is 6.92 Å². The van der Waals surface area contributed by atoms with Crippen molar-refractivity contribution in [3.05, 3.63) is 54.8 Å². The van der Waals surface area contributed by atoms with Crippen LogP contribution >= 0.6 is 0 Å². The van der Waals surface area contributed by atoms with E-state index >= 15 is 0 Å². The lowest BCUT2D eigenvalue weighted by Crippen LogP contribution is -2.39. The Bertz CT molecular complexity index is 461. The second-order valence-electron chi connectivity index (χ2n) is 3.48. The summed E-state index contributed by atoms with van der Waals surface area (Å²) in [6.07, 6.45) is 8.85. The normalized spacial score (nSPS) is 13.6. The van der Waals surface area contributed by atoms with Gasteiger partial charge in [-0.15, -0.1) is 0 Å². The van der Waals surface area contributed by atoms with Gasteiger partial charge in [0.2, 0.25) is 5.91 Å². The van der Waals surface area contributed by atoms with Crippen molar-refractivity contribution >= 4 is 17.8 Å². The molecular formula is C13H13N3O. The molecule has 0 saturated heterocycles. The monoisotopic (exact) mass is 227 g/mol. The Labute approximate surface area is 100 Å². The second kappa shape index (κ2) is 5.12. The van der Waals surface area contributed by atoms with Gasteiger partial charge in [0.05, 0.1) is 5.69 Å². The zero-order chi connectivity index (χ0) is 12.1. The van der Waals surface area contributed by atoms with Gasteiger partial charge in [0, 0.05) is 19.3 Å². The van der Waals surface area contributed by atoms with Crippen LogP contribution in [-0.2, 0) is 4.79 Å². The summed E-state index contributed by atoms with van der Waals surface area (Å²) in [7, 11) is 0. The molecule has 0 atom stereocenters. The largest absolute Gasteiger partial charge is 0.273 e. The molecule has 4 heteroatoms. The maximum atomic E-state index is 11.7. The third-order valence-corrected chi connectivity index (χ3v) is 2.22. The molecule has 17 heavy (non-hydrogen) atoms. The predicted molar refractivity (Wildman–Crippen MR) is 68.2 cm³/mol. The maximum Gasteiger partial charge on any atom is 0.244 e. The first-order valence-electron chi connectivity index (χ1n) is 5.31. The van der Waals surface area contributed by atoms with E-state index < -0.39 is 0 Å². The molecule has 1 heterocycles. The summed E-state index contributed by atoms with van der Waals surface area (Å²) in [6.45, 7) is 1.51. The van der Waals surface area contributed by atoms with Gasteiger partial charge in [-0.1, -0.05) is 24.3 Å². The van der Waals surface area contributed by atoms with Crippen LogP contribution in [0.2, 0.25) is 0 Å². The number of para-hydroxylation sites is 1. The van der Waals surface area contributed by atoms with Gasteiger partial charge >= 0.3 is 0 Å². The second-order valence-corrected chi connectivity index (χ2v) is 3.48. The van der Waals surface area contributed by atoms with Gasteiger partial charge in [0.1, 0.15) is 0 Å². The number of hydrazine groups is 1. The molecule has 0 saturated carbocycles. The van der Waals surface area contributed by atoms with Crippen LogP contribution in [-0.4, -0.2) is 17.2 Å². The highest BCUT2D eigenvalue weighted by atomic mass is 16.2. The van der Waals surface area contributed by atoms with Crippen molar-refractivity contribution in [3.63, 3.8) is 0 Å². The fraction of sp³-hybridized carbons (Fsp3) is 0.0769. The summed E-state index contributed by atoms with van der Waals surface area (Å²) in [4.78, 5) is 11.7. The zero-order valence-electron chi connectivity index (χ0n) is 9.52. The summed E-state index contributed by atoms with van der Waals surface area (Å²) < 4.78 is 0. The van der Waals surface area contributed by atoms with E-state index in [2.05, 4.69) is 5.10 Å². The van der Waals surface area contributed by atoms with E-state index in [0.717, 1.165) is 5.69 Å². The van der Waals surface area contributed by atoms with E-state index in [1.54, 1.807) is 18.5 Å². The predicted octanol–water partition coefficient (Wildman–Crippen LogP) is 2.33. The minimum absolute atomic E-state index is 0.0973. The van der Waals surface area contributed by atoms with Crippen LogP contribution in [0, 0.1) is 0 Å². The summed E-state index contributed by atoms with van der Waals surface area (Å²) in [5.41, 5.74) is 0.781. The summed E-state index contributed by atoms with van der Waals surface area (Å²) in [5.74, 6) is -0.0973.